The second-order valence-electron chi connectivity index (χ2n) is 7.33. The zero-order valence-corrected chi connectivity index (χ0v) is 17.0. The minimum Gasteiger partial charge on any atom is -0.443 e. The van der Waals surface area contributed by atoms with Crippen molar-refractivity contribution in [2.45, 2.75) is 38.8 Å². The molecule has 0 aliphatic heterocycles. The molecule has 0 saturated heterocycles. The summed E-state index contributed by atoms with van der Waals surface area (Å²) in [6, 6.07) is 5.89. The van der Waals surface area contributed by atoms with Crippen LogP contribution in [-0.4, -0.2) is 47.1 Å². The number of nitrogens with one attached hydrogen (secondary N) is 1. The topological polar surface area (TPSA) is 123 Å². The molecule has 8 nitrogen and oxygen atoms in total. The standard InChI is InChI=1S/C19H25N3O5S/c1-5-10-28(25,26)22(18(24)27-19(2,3)4)16(17(20)23)11-13-12-21-15-9-7-6-8-14(13)15/h5-9,12,16,21H,1,10-11H2,2-4H3,(H2,20,23). The fraction of sp³-hybridized carbons (Fsp3) is 0.368. The molecule has 2 amide bonds. The predicted octanol–water partition coefficient (Wildman–Crippen LogP) is 2.32. The van der Waals surface area contributed by atoms with Gasteiger partial charge >= 0.3 is 6.09 Å². The average Bonchev–Trinajstić information content (AvgIpc) is 2.95. The molecule has 2 aromatic rings. The number of para-hydroxylation sites is 1. The van der Waals surface area contributed by atoms with Crippen LogP contribution in [0.25, 0.3) is 10.9 Å². The quantitative estimate of drug-likeness (QED) is 0.682. The van der Waals surface area contributed by atoms with E-state index in [1.807, 2.05) is 24.3 Å². The third kappa shape index (κ3) is 4.92. The molecule has 1 atom stereocenters. The Morgan fingerprint density at radius 2 is 1.96 bits per heavy atom. The maximum Gasteiger partial charge on any atom is 0.424 e. The number of carbonyl (C=O) groups is 2. The van der Waals surface area contributed by atoms with Gasteiger partial charge in [-0.2, -0.15) is 4.31 Å². The lowest BCUT2D eigenvalue weighted by atomic mass is 10.0. The molecule has 0 bridgehead atoms. The van der Waals surface area contributed by atoms with Crippen molar-refractivity contribution in [2.75, 3.05) is 5.75 Å². The third-order valence-electron chi connectivity index (χ3n) is 3.90. The molecule has 1 unspecified atom stereocenters. The summed E-state index contributed by atoms with van der Waals surface area (Å²) in [6.45, 7) is 8.20. The monoisotopic (exact) mass is 407 g/mol. The Morgan fingerprint density at radius 3 is 2.54 bits per heavy atom. The number of amides is 2. The van der Waals surface area contributed by atoms with Crippen molar-refractivity contribution in [1.82, 2.24) is 9.29 Å². The molecule has 2 rings (SSSR count). The third-order valence-corrected chi connectivity index (χ3v) is 5.56. The number of sulfonamides is 1. The molecule has 0 spiro atoms. The van der Waals surface area contributed by atoms with E-state index in [2.05, 4.69) is 11.6 Å². The predicted molar refractivity (Wildman–Crippen MR) is 107 cm³/mol. The molecule has 1 aromatic heterocycles. The van der Waals surface area contributed by atoms with Crippen molar-refractivity contribution in [3.63, 3.8) is 0 Å². The zero-order valence-electron chi connectivity index (χ0n) is 16.1. The summed E-state index contributed by atoms with van der Waals surface area (Å²) >= 11 is 0. The number of nitrogens with zero attached hydrogens (tertiary/aromatic N) is 1. The van der Waals surface area contributed by atoms with Gasteiger partial charge in [0.25, 0.3) is 0 Å². The molecule has 0 radical (unpaired) electrons. The summed E-state index contributed by atoms with van der Waals surface area (Å²) in [5.74, 6) is -1.49. The molecule has 1 heterocycles. The number of nitrogens with two attached hydrogens (primary N) is 1. The molecule has 1 aromatic carbocycles. The molecular formula is C19H25N3O5S. The second kappa shape index (κ2) is 8.05. The molecule has 9 heteroatoms. The summed E-state index contributed by atoms with van der Waals surface area (Å²) < 4.78 is 31.1. The van der Waals surface area contributed by atoms with E-state index in [9.17, 15) is 18.0 Å². The highest BCUT2D eigenvalue weighted by Gasteiger charge is 2.40. The molecule has 0 aliphatic carbocycles. The second-order valence-corrected chi connectivity index (χ2v) is 9.22. The number of aromatic amines is 1. The van der Waals surface area contributed by atoms with Crippen molar-refractivity contribution in [3.8, 4) is 0 Å². The number of H-pyrrole nitrogens is 1. The molecular weight excluding hydrogens is 382 g/mol. The minimum absolute atomic E-state index is 0.0883. The fourth-order valence-electron chi connectivity index (χ4n) is 2.78. The lowest BCUT2D eigenvalue weighted by Gasteiger charge is -2.31. The maximum atomic E-state index is 12.7. The fourth-order valence-corrected chi connectivity index (χ4v) is 4.07. The summed E-state index contributed by atoms with van der Waals surface area (Å²) in [5, 5.41) is 0.805. The van der Waals surface area contributed by atoms with Crippen LogP contribution in [0.5, 0.6) is 0 Å². The number of rotatable bonds is 7. The summed E-state index contributed by atoms with van der Waals surface area (Å²) in [4.78, 5) is 27.9. The van der Waals surface area contributed by atoms with Gasteiger partial charge in [-0.1, -0.05) is 24.3 Å². The van der Waals surface area contributed by atoms with Crippen molar-refractivity contribution >= 4 is 32.9 Å². The highest BCUT2D eigenvalue weighted by molar-refractivity contribution is 7.89. The van der Waals surface area contributed by atoms with Crippen LogP contribution in [-0.2, 0) is 26.0 Å². The van der Waals surface area contributed by atoms with Gasteiger partial charge in [0.1, 0.15) is 11.6 Å². The van der Waals surface area contributed by atoms with Gasteiger partial charge in [-0.25, -0.2) is 13.2 Å². The van der Waals surface area contributed by atoms with Crippen molar-refractivity contribution in [2.24, 2.45) is 5.73 Å². The van der Waals surface area contributed by atoms with Crippen LogP contribution in [0.4, 0.5) is 4.79 Å². The lowest BCUT2D eigenvalue weighted by Crippen LogP contribution is -2.53. The van der Waals surface area contributed by atoms with E-state index in [0.717, 1.165) is 17.0 Å². The first-order valence-corrected chi connectivity index (χ1v) is 10.3. The van der Waals surface area contributed by atoms with Crippen LogP contribution in [0.1, 0.15) is 26.3 Å². The van der Waals surface area contributed by atoms with Gasteiger partial charge in [-0.15, -0.1) is 6.58 Å². The van der Waals surface area contributed by atoms with E-state index in [-0.39, 0.29) is 6.42 Å². The minimum atomic E-state index is -4.22. The normalized spacial score (nSPS) is 13.1. The van der Waals surface area contributed by atoms with E-state index >= 15 is 0 Å². The van der Waals surface area contributed by atoms with Crippen LogP contribution in [0.3, 0.4) is 0 Å². The van der Waals surface area contributed by atoms with Crippen LogP contribution in [0.2, 0.25) is 0 Å². The number of carbonyl (C=O) groups excluding carboxylic acids is 2. The first-order valence-electron chi connectivity index (χ1n) is 8.66. The van der Waals surface area contributed by atoms with Gasteiger partial charge in [0, 0.05) is 23.5 Å². The Kier molecular flexibility index (Phi) is 6.18. The Balaban J connectivity index is 2.50. The molecule has 0 saturated carbocycles. The molecule has 152 valence electrons. The number of fused-ring (bicyclic) bond motifs is 1. The molecule has 0 aliphatic rings. The van der Waals surface area contributed by atoms with Crippen LogP contribution in [0, 0.1) is 0 Å². The van der Waals surface area contributed by atoms with Crippen LogP contribution >= 0.6 is 0 Å². The number of hydrogen-bond donors (Lipinski definition) is 2. The maximum absolute atomic E-state index is 12.7. The number of ether oxygens (including phenoxy) is 1. The smallest absolute Gasteiger partial charge is 0.424 e. The SMILES string of the molecule is C=CCS(=O)(=O)N(C(=O)OC(C)(C)C)C(Cc1c[nH]c2ccccc12)C(N)=O. The largest absolute Gasteiger partial charge is 0.443 e. The average molecular weight is 407 g/mol. The molecule has 28 heavy (non-hydrogen) atoms. The van der Waals surface area contributed by atoms with Crippen LogP contribution in [0.15, 0.2) is 43.1 Å². The number of aromatic nitrogens is 1. The van der Waals surface area contributed by atoms with Gasteiger partial charge in [0.05, 0.1) is 5.75 Å². The summed E-state index contributed by atoms with van der Waals surface area (Å²) in [6.07, 6.45) is 1.55. The van der Waals surface area contributed by atoms with Crippen molar-refractivity contribution in [1.29, 1.82) is 0 Å². The number of primary amides is 1. The Morgan fingerprint density at radius 1 is 1.32 bits per heavy atom. The van der Waals surface area contributed by atoms with Gasteiger partial charge in [0.15, 0.2) is 0 Å². The van der Waals surface area contributed by atoms with E-state index in [4.69, 9.17) is 10.5 Å². The molecule has 3 N–H and O–H groups in total. The van der Waals surface area contributed by atoms with Gasteiger partial charge in [0.2, 0.25) is 15.9 Å². The number of hydrogen-bond acceptors (Lipinski definition) is 5. The van der Waals surface area contributed by atoms with E-state index in [0.29, 0.717) is 9.87 Å². The van der Waals surface area contributed by atoms with Gasteiger partial charge in [-0.05, 0) is 32.4 Å². The lowest BCUT2D eigenvalue weighted by molar-refractivity contribution is -0.121. The highest BCUT2D eigenvalue weighted by Crippen LogP contribution is 2.23. The van der Waals surface area contributed by atoms with Crippen molar-refractivity contribution < 1.29 is 22.7 Å². The summed E-state index contributed by atoms with van der Waals surface area (Å²) in [7, 11) is -4.22. The van der Waals surface area contributed by atoms with Gasteiger partial charge in [-0.3, -0.25) is 4.79 Å². The Hall–Kier alpha value is -2.81. The zero-order chi connectivity index (χ0) is 21.1. The Bertz CT molecular complexity index is 988. The summed E-state index contributed by atoms with van der Waals surface area (Å²) in [5.41, 5.74) is 6.02. The first-order chi connectivity index (χ1) is 13.0. The molecule has 0 fully saturated rings. The van der Waals surface area contributed by atoms with E-state index < -0.39 is 39.4 Å². The highest BCUT2D eigenvalue weighted by atomic mass is 32.2. The van der Waals surface area contributed by atoms with Gasteiger partial charge < -0.3 is 15.5 Å². The van der Waals surface area contributed by atoms with Crippen LogP contribution < -0.4 is 5.73 Å². The first kappa shape index (κ1) is 21.5. The Labute approximate surface area is 164 Å². The van der Waals surface area contributed by atoms with E-state index in [1.54, 1.807) is 27.0 Å². The van der Waals surface area contributed by atoms with Crippen molar-refractivity contribution in [3.05, 3.63) is 48.7 Å². The number of benzene rings is 1. The van der Waals surface area contributed by atoms with E-state index in [1.165, 1.54) is 0 Å².